The van der Waals surface area contributed by atoms with Crippen molar-refractivity contribution in [2.24, 2.45) is 0 Å². The predicted molar refractivity (Wildman–Crippen MR) is 83.8 cm³/mol. The topological polar surface area (TPSA) is 76.5 Å². The van der Waals surface area contributed by atoms with Crippen LogP contribution in [-0.2, 0) is 24.2 Å². The van der Waals surface area contributed by atoms with E-state index in [-0.39, 0.29) is 0 Å². The minimum absolute atomic E-state index is 0.375. The second kappa shape index (κ2) is 5.49. The van der Waals surface area contributed by atoms with E-state index in [0.717, 1.165) is 30.1 Å². The number of aromatic nitrogens is 2. The number of imide groups is 1. The minimum atomic E-state index is -0.681. The Morgan fingerprint density at radius 2 is 2.13 bits per heavy atom. The second-order valence-corrected chi connectivity index (χ2v) is 6.89. The molecule has 7 heteroatoms. The molecular formula is C16H22N4O3. The molecule has 0 unspecified atom stereocenters. The molecule has 0 saturated carbocycles. The number of fused-ring (bicyclic) bond motifs is 3. The third-order valence-corrected chi connectivity index (χ3v) is 3.83. The van der Waals surface area contributed by atoms with Gasteiger partial charge in [0.1, 0.15) is 5.60 Å². The van der Waals surface area contributed by atoms with Gasteiger partial charge in [-0.05, 0) is 33.7 Å². The van der Waals surface area contributed by atoms with Gasteiger partial charge in [0.25, 0.3) is 5.91 Å². The summed E-state index contributed by atoms with van der Waals surface area (Å²) in [5.41, 5.74) is 1.77. The van der Waals surface area contributed by atoms with Crippen LogP contribution in [0, 0.1) is 0 Å². The van der Waals surface area contributed by atoms with Crippen LogP contribution in [0.5, 0.6) is 0 Å². The highest BCUT2D eigenvalue weighted by Crippen LogP contribution is 2.29. The molecule has 0 aromatic carbocycles. The van der Waals surface area contributed by atoms with Crippen LogP contribution in [0.1, 0.15) is 48.9 Å². The van der Waals surface area contributed by atoms with Crippen LogP contribution in [0.3, 0.4) is 0 Å². The molecule has 0 atom stereocenters. The lowest BCUT2D eigenvalue weighted by Crippen LogP contribution is -2.43. The number of rotatable bonds is 0. The monoisotopic (exact) mass is 318 g/mol. The van der Waals surface area contributed by atoms with Crippen LogP contribution in [0.4, 0.5) is 4.79 Å². The van der Waals surface area contributed by atoms with Crippen molar-refractivity contribution in [3.63, 3.8) is 0 Å². The molecule has 23 heavy (non-hydrogen) atoms. The highest BCUT2D eigenvalue weighted by molar-refractivity contribution is 6.07. The number of allylic oxidation sites excluding steroid dienone is 1. The standard InChI is InChI=1S/C16H22N4O3/c1-10-8-11-13(12-9-17-6-5-7-19(12)18-11)14(21)20(10)15(22)23-16(2,3)4/h17H,1,5-9H2,2-4H3. The fourth-order valence-corrected chi connectivity index (χ4v) is 2.89. The first-order chi connectivity index (χ1) is 10.8. The average Bonchev–Trinajstić information content (AvgIpc) is 2.59. The number of carbonyl (C=O) groups is 2. The Labute approximate surface area is 135 Å². The Morgan fingerprint density at radius 3 is 2.83 bits per heavy atom. The van der Waals surface area contributed by atoms with E-state index in [1.54, 1.807) is 20.8 Å². The van der Waals surface area contributed by atoms with Gasteiger partial charge in [-0.2, -0.15) is 5.10 Å². The normalized spacial score (nSPS) is 18.3. The summed E-state index contributed by atoms with van der Waals surface area (Å²) in [5.74, 6) is -0.393. The molecule has 124 valence electrons. The van der Waals surface area contributed by atoms with Crippen molar-refractivity contribution in [2.75, 3.05) is 6.54 Å². The van der Waals surface area contributed by atoms with E-state index in [0.29, 0.717) is 29.9 Å². The molecule has 1 aromatic rings. The van der Waals surface area contributed by atoms with E-state index in [1.807, 2.05) is 4.68 Å². The zero-order valence-corrected chi connectivity index (χ0v) is 13.8. The van der Waals surface area contributed by atoms with Gasteiger partial charge in [-0.15, -0.1) is 0 Å². The first-order valence-corrected chi connectivity index (χ1v) is 7.82. The Kier molecular flexibility index (Phi) is 3.75. The van der Waals surface area contributed by atoms with Crippen molar-refractivity contribution < 1.29 is 14.3 Å². The minimum Gasteiger partial charge on any atom is -0.443 e. The molecule has 2 aliphatic rings. The summed E-state index contributed by atoms with van der Waals surface area (Å²) in [6.45, 7) is 11.4. The van der Waals surface area contributed by atoms with Crippen molar-refractivity contribution in [2.45, 2.75) is 52.3 Å². The van der Waals surface area contributed by atoms with Crippen molar-refractivity contribution in [3.05, 3.63) is 29.2 Å². The van der Waals surface area contributed by atoms with E-state index in [2.05, 4.69) is 17.0 Å². The summed E-state index contributed by atoms with van der Waals surface area (Å²) in [4.78, 5) is 26.3. The largest absolute Gasteiger partial charge is 0.443 e. The molecule has 0 spiro atoms. The third-order valence-electron chi connectivity index (χ3n) is 3.83. The molecule has 3 heterocycles. The maximum atomic E-state index is 12.9. The number of ether oxygens (including phenoxy) is 1. The molecule has 0 radical (unpaired) electrons. The van der Waals surface area contributed by atoms with E-state index in [1.165, 1.54) is 0 Å². The number of aryl methyl sites for hydroxylation is 1. The van der Waals surface area contributed by atoms with Crippen LogP contribution < -0.4 is 5.32 Å². The van der Waals surface area contributed by atoms with Crippen LogP contribution in [0.2, 0.25) is 0 Å². The van der Waals surface area contributed by atoms with Gasteiger partial charge in [0.2, 0.25) is 0 Å². The number of amides is 2. The number of nitrogens with zero attached hydrogens (tertiary/aromatic N) is 3. The SMILES string of the molecule is C=C1Cc2nn3c(c2C(=O)N1C(=O)OC(C)(C)C)CNCCC3. The van der Waals surface area contributed by atoms with Crippen molar-refractivity contribution in [1.82, 2.24) is 20.0 Å². The lowest BCUT2D eigenvalue weighted by atomic mass is 10.0. The van der Waals surface area contributed by atoms with Crippen LogP contribution in [-0.4, -0.2) is 38.8 Å². The van der Waals surface area contributed by atoms with Gasteiger partial charge in [0.05, 0.1) is 17.0 Å². The van der Waals surface area contributed by atoms with Crippen LogP contribution in [0.15, 0.2) is 12.3 Å². The van der Waals surface area contributed by atoms with E-state index in [9.17, 15) is 9.59 Å². The fraction of sp³-hybridized carbons (Fsp3) is 0.562. The lowest BCUT2D eigenvalue weighted by Gasteiger charge is -2.29. The van der Waals surface area contributed by atoms with Gasteiger partial charge in [-0.3, -0.25) is 9.48 Å². The van der Waals surface area contributed by atoms with Gasteiger partial charge in [0.15, 0.2) is 0 Å². The third kappa shape index (κ3) is 2.88. The van der Waals surface area contributed by atoms with Gasteiger partial charge in [-0.1, -0.05) is 6.58 Å². The summed E-state index contributed by atoms with van der Waals surface area (Å²) in [6.07, 6.45) is 0.651. The Morgan fingerprint density at radius 1 is 1.39 bits per heavy atom. The Bertz CT molecular complexity index is 684. The fourth-order valence-electron chi connectivity index (χ4n) is 2.89. The van der Waals surface area contributed by atoms with Gasteiger partial charge in [-0.25, -0.2) is 9.69 Å². The molecule has 1 N–H and O–H groups in total. The number of nitrogens with one attached hydrogen (secondary N) is 1. The zero-order valence-electron chi connectivity index (χ0n) is 13.8. The van der Waals surface area contributed by atoms with E-state index < -0.39 is 17.6 Å². The summed E-state index contributed by atoms with van der Waals surface area (Å²) < 4.78 is 7.21. The molecule has 1 aromatic heterocycles. The van der Waals surface area contributed by atoms with E-state index in [4.69, 9.17) is 4.74 Å². The molecule has 0 bridgehead atoms. The highest BCUT2D eigenvalue weighted by Gasteiger charge is 2.39. The predicted octanol–water partition coefficient (Wildman–Crippen LogP) is 1.82. The van der Waals surface area contributed by atoms with Crippen molar-refractivity contribution >= 4 is 12.0 Å². The van der Waals surface area contributed by atoms with Crippen LogP contribution in [0.25, 0.3) is 0 Å². The molecule has 0 saturated heterocycles. The summed E-state index contributed by atoms with van der Waals surface area (Å²) in [5, 5.41) is 7.82. The second-order valence-electron chi connectivity index (χ2n) is 6.89. The summed E-state index contributed by atoms with van der Waals surface area (Å²) in [6, 6.07) is 0. The molecule has 0 aliphatic carbocycles. The van der Waals surface area contributed by atoms with Crippen LogP contribution >= 0.6 is 0 Å². The number of hydrogen-bond donors (Lipinski definition) is 1. The average molecular weight is 318 g/mol. The smallest absolute Gasteiger partial charge is 0.421 e. The number of hydrogen-bond acceptors (Lipinski definition) is 5. The van der Waals surface area contributed by atoms with E-state index >= 15 is 0 Å². The van der Waals surface area contributed by atoms with Gasteiger partial charge < -0.3 is 10.1 Å². The maximum Gasteiger partial charge on any atom is 0.421 e. The van der Waals surface area contributed by atoms with Gasteiger partial charge >= 0.3 is 6.09 Å². The Hall–Kier alpha value is -2.15. The van der Waals surface area contributed by atoms with Crippen molar-refractivity contribution in [1.29, 1.82) is 0 Å². The molecule has 2 aliphatic heterocycles. The number of carbonyl (C=O) groups excluding carboxylic acids is 2. The molecule has 7 nitrogen and oxygen atoms in total. The quantitative estimate of drug-likeness (QED) is 0.789. The molecule has 3 rings (SSSR count). The summed E-state index contributed by atoms with van der Waals surface area (Å²) in [7, 11) is 0. The lowest BCUT2D eigenvalue weighted by molar-refractivity contribution is 0.0288. The molecular weight excluding hydrogens is 296 g/mol. The summed E-state index contributed by atoms with van der Waals surface area (Å²) >= 11 is 0. The van der Waals surface area contributed by atoms with Gasteiger partial charge in [0, 0.05) is 25.2 Å². The van der Waals surface area contributed by atoms with Crippen molar-refractivity contribution in [3.8, 4) is 0 Å². The first-order valence-electron chi connectivity index (χ1n) is 7.82. The Balaban J connectivity index is 1.96. The molecule has 2 amide bonds. The molecule has 0 fully saturated rings. The highest BCUT2D eigenvalue weighted by atomic mass is 16.6. The first kappa shape index (κ1) is 15.7. The maximum absolute atomic E-state index is 12.9. The zero-order chi connectivity index (χ0) is 16.8.